The molecule has 0 saturated heterocycles. The summed E-state index contributed by atoms with van der Waals surface area (Å²) in [7, 11) is 1.75. The zero-order chi connectivity index (χ0) is 13.9. The number of aromatic nitrogens is 2. The largest absolute Gasteiger partial charge is 0.383 e. The maximum atomic E-state index is 6.02. The molecule has 20 heavy (non-hydrogen) atoms. The number of fused-ring (bicyclic) bond motifs is 1. The second-order valence-electron chi connectivity index (χ2n) is 5.71. The molecule has 0 bridgehead atoms. The van der Waals surface area contributed by atoms with Crippen LogP contribution in [0.4, 0.5) is 0 Å². The van der Waals surface area contributed by atoms with Crippen LogP contribution in [0.25, 0.3) is 11.0 Å². The van der Waals surface area contributed by atoms with Crippen molar-refractivity contribution in [2.45, 2.75) is 44.2 Å². The van der Waals surface area contributed by atoms with Crippen LogP contribution in [0.15, 0.2) is 24.3 Å². The molecule has 1 aromatic carbocycles. The van der Waals surface area contributed by atoms with E-state index >= 15 is 0 Å². The average Bonchev–Trinajstić information content (AvgIpc) is 2.84. The lowest BCUT2D eigenvalue weighted by molar-refractivity contribution is 0.186. The lowest BCUT2D eigenvalue weighted by Crippen LogP contribution is -2.27. The smallest absolute Gasteiger partial charge is 0.113 e. The average molecular weight is 273 g/mol. The molecular formula is C16H23N3O. The van der Waals surface area contributed by atoms with Crippen molar-refractivity contribution in [1.29, 1.82) is 0 Å². The molecule has 0 spiro atoms. The SMILES string of the molecule is COCCn1c(C2CCC(N)CC2)nc2ccccc21. The topological polar surface area (TPSA) is 53.1 Å². The Morgan fingerprint density at radius 3 is 2.75 bits per heavy atom. The van der Waals surface area contributed by atoms with Crippen LogP contribution >= 0.6 is 0 Å². The maximum absolute atomic E-state index is 6.02. The Morgan fingerprint density at radius 2 is 2.00 bits per heavy atom. The Hall–Kier alpha value is -1.39. The van der Waals surface area contributed by atoms with Crippen molar-refractivity contribution in [1.82, 2.24) is 9.55 Å². The van der Waals surface area contributed by atoms with Crippen molar-refractivity contribution in [2.75, 3.05) is 13.7 Å². The minimum Gasteiger partial charge on any atom is -0.383 e. The molecule has 0 amide bonds. The standard InChI is InChI=1S/C16H23N3O/c1-20-11-10-19-15-5-3-2-4-14(15)18-16(19)12-6-8-13(17)9-7-12/h2-5,12-13H,6-11,17H2,1H3. The Bertz CT molecular complexity index is 570. The van der Waals surface area contributed by atoms with Gasteiger partial charge in [-0.05, 0) is 37.8 Å². The molecular weight excluding hydrogens is 250 g/mol. The Labute approximate surface area is 119 Å². The number of benzene rings is 1. The lowest BCUT2D eigenvalue weighted by Gasteiger charge is -2.26. The molecule has 0 unspecified atom stereocenters. The molecule has 2 aromatic rings. The molecule has 3 rings (SSSR count). The Balaban J connectivity index is 1.95. The third-order valence-corrected chi connectivity index (χ3v) is 4.34. The van der Waals surface area contributed by atoms with Crippen LogP contribution in [-0.4, -0.2) is 29.3 Å². The molecule has 1 aliphatic carbocycles. The van der Waals surface area contributed by atoms with Crippen molar-refractivity contribution >= 4 is 11.0 Å². The van der Waals surface area contributed by atoms with Crippen molar-refractivity contribution in [3.63, 3.8) is 0 Å². The van der Waals surface area contributed by atoms with E-state index in [0.717, 1.165) is 44.4 Å². The number of nitrogens with two attached hydrogens (primary N) is 1. The molecule has 2 N–H and O–H groups in total. The molecule has 0 atom stereocenters. The molecule has 108 valence electrons. The van der Waals surface area contributed by atoms with Crippen LogP contribution in [0.5, 0.6) is 0 Å². The van der Waals surface area contributed by atoms with E-state index in [-0.39, 0.29) is 0 Å². The van der Waals surface area contributed by atoms with Gasteiger partial charge in [-0.1, -0.05) is 12.1 Å². The minimum absolute atomic E-state index is 0.378. The van der Waals surface area contributed by atoms with E-state index in [0.29, 0.717) is 12.0 Å². The van der Waals surface area contributed by atoms with Gasteiger partial charge in [0, 0.05) is 25.6 Å². The fourth-order valence-electron chi connectivity index (χ4n) is 3.20. The zero-order valence-electron chi connectivity index (χ0n) is 12.1. The highest BCUT2D eigenvalue weighted by Crippen LogP contribution is 2.33. The third-order valence-electron chi connectivity index (χ3n) is 4.34. The summed E-state index contributed by atoms with van der Waals surface area (Å²) in [5.41, 5.74) is 8.33. The van der Waals surface area contributed by atoms with Gasteiger partial charge in [-0.2, -0.15) is 0 Å². The summed E-state index contributed by atoms with van der Waals surface area (Å²) in [5.74, 6) is 1.76. The summed E-state index contributed by atoms with van der Waals surface area (Å²) in [6, 6.07) is 8.75. The molecule has 4 nitrogen and oxygen atoms in total. The fraction of sp³-hybridized carbons (Fsp3) is 0.562. The number of ether oxygens (including phenoxy) is 1. The van der Waals surface area contributed by atoms with E-state index in [1.54, 1.807) is 7.11 Å². The van der Waals surface area contributed by atoms with Crippen molar-refractivity contribution in [3.05, 3.63) is 30.1 Å². The first-order valence-electron chi connectivity index (χ1n) is 7.49. The fourth-order valence-corrected chi connectivity index (χ4v) is 3.20. The lowest BCUT2D eigenvalue weighted by atomic mass is 9.86. The van der Waals surface area contributed by atoms with Gasteiger partial charge in [-0.25, -0.2) is 4.98 Å². The first-order valence-corrected chi connectivity index (χ1v) is 7.49. The van der Waals surface area contributed by atoms with E-state index in [1.807, 2.05) is 0 Å². The first-order chi connectivity index (χ1) is 9.79. The van der Waals surface area contributed by atoms with Gasteiger partial charge in [0.25, 0.3) is 0 Å². The predicted octanol–water partition coefficient (Wildman–Crippen LogP) is 2.67. The Kier molecular flexibility index (Phi) is 4.03. The summed E-state index contributed by atoms with van der Waals surface area (Å²) < 4.78 is 7.59. The second-order valence-corrected chi connectivity index (χ2v) is 5.71. The van der Waals surface area contributed by atoms with Crippen LogP contribution in [0.1, 0.15) is 37.4 Å². The van der Waals surface area contributed by atoms with Crippen LogP contribution in [0.2, 0.25) is 0 Å². The zero-order valence-corrected chi connectivity index (χ0v) is 12.1. The highest BCUT2D eigenvalue weighted by Gasteiger charge is 2.24. The van der Waals surface area contributed by atoms with Gasteiger partial charge in [0.15, 0.2) is 0 Å². The van der Waals surface area contributed by atoms with Gasteiger partial charge in [-0.15, -0.1) is 0 Å². The van der Waals surface area contributed by atoms with Gasteiger partial charge in [0.05, 0.1) is 17.6 Å². The second kappa shape index (κ2) is 5.94. The normalized spacial score (nSPS) is 23.3. The molecule has 4 heteroatoms. The number of nitrogens with zero attached hydrogens (tertiary/aromatic N) is 2. The summed E-state index contributed by atoms with van der Waals surface area (Å²) in [6.07, 6.45) is 4.52. The molecule has 1 fully saturated rings. The van der Waals surface area contributed by atoms with E-state index in [1.165, 1.54) is 11.3 Å². The van der Waals surface area contributed by atoms with Crippen LogP contribution < -0.4 is 5.73 Å². The molecule has 1 aliphatic rings. The number of para-hydroxylation sites is 2. The molecule has 1 aromatic heterocycles. The monoisotopic (exact) mass is 273 g/mol. The molecule has 0 aliphatic heterocycles. The van der Waals surface area contributed by atoms with Gasteiger partial charge in [-0.3, -0.25) is 0 Å². The molecule has 1 heterocycles. The Morgan fingerprint density at radius 1 is 1.25 bits per heavy atom. The molecule has 0 radical (unpaired) electrons. The van der Waals surface area contributed by atoms with Gasteiger partial charge >= 0.3 is 0 Å². The number of methoxy groups -OCH3 is 1. The van der Waals surface area contributed by atoms with Gasteiger partial charge < -0.3 is 15.0 Å². The summed E-state index contributed by atoms with van der Waals surface area (Å²) in [5, 5.41) is 0. The van der Waals surface area contributed by atoms with Crippen LogP contribution in [0, 0.1) is 0 Å². The summed E-state index contributed by atoms with van der Waals surface area (Å²) in [4.78, 5) is 4.88. The van der Waals surface area contributed by atoms with Crippen molar-refractivity contribution in [2.24, 2.45) is 5.73 Å². The van der Waals surface area contributed by atoms with E-state index < -0.39 is 0 Å². The quantitative estimate of drug-likeness (QED) is 0.931. The molecule has 1 saturated carbocycles. The minimum atomic E-state index is 0.378. The number of imidazole rings is 1. The maximum Gasteiger partial charge on any atom is 0.113 e. The number of rotatable bonds is 4. The highest BCUT2D eigenvalue weighted by atomic mass is 16.5. The van der Waals surface area contributed by atoms with E-state index in [4.69, 9.17) is 15.5 Å². The summed E-state index contributed by atoms with van der Waals surface area (Å²) >= 11 is 0. The summed E-state index contributed by atoms with van der Waals surface area (Å²) in [6.45, 7) is 1.59. The van der Waals surface area contributed by atoms with Crippen molar-refractivity contribution < 1.29 is 4.74 Å². The van der Waals surface area contributed by atoms with Crippen molar-refractivity contribution in [3.8, 4) is 0 Å². The van der Waals surface area contributed by atoms with E-state index in [2.05, 4.69) is 28.8 Å². The third kappa shape index (κ3) is 2.58. The van der Waals surface area contributed by atoms with Gasteiger partial charge in [0.2, 0.25) is 0 Å². The number of hydrogen-bond acceptors (Lipinski definition) is 3. The number of hydrogen-bond donors (Lipinski definition) is 1. The van der Waals surface area contributed by atoms with E-state index in [9.17, 15) is 0 Å². The first kappa shape index (κ1) is 13.6. The highest BCUT2D eigenvalue weighted by molar-refractivity contribution is 5.76. The predicted molar refractivity (Wildman–Crippen MR) is 80.8 cm³/mol. The van der Waals surface area contributed by atoms with Crippen LogP contribution in [-0.2, 0) is 11.3 Å². The van der Waals surface area contributed by atoms with Gasteiger partial charge in [0.1, 0.15) is 5.82 Å². The van der Waals surface area contributed by atoms with Crippen LogP contribution in [0.3, 0.4) is 0 Å².